The molecule has 2 heteroatoms. The van der Waals surface area contributed by atoms with Crippen LogP contribution in [-0.2, 0) is 4.84 Å². The van der Waals surface area contributed by atoms with E-state index in [-0.39, 0.29) is 0 Å². The SMILES string of the molecule is [C](=N\OC1CCCCC1)/c1ccccc1C1CCCCC1. The highest BCUT2D eigenvalue weighted by Gasteiger charge is 2.18. The average molecular weight is 284 g/mol. The Hall–Kier alpha value is -1.31. The molecule has 1 aromatic carbocycles. The molecular weight excluding hydrogens is 258 g/mol. The summed E-state index contributed by atoms with van der Waals surface area (Å²) in [4.78, 5) is 5.64. The molecule has 0 spiro atoms. The van der Waals surface area contributed by atoms with Gasteiger partial charge in [-0.1, -0.05) is 55.1 Å². The summed E-state index contributed by atoms with van der Waals surface area (Å²) in [5.74, 6) is 0.687. The van der Waals surface area contributed by atoms with E-state index < -0.39 is 0 Å². The Morgan fingerprint density at radius 3 is 2.29 bits per heavy atom. The van der Waals surface area contributed by atoms with Crippen LogP contribution in [0.5, 0.6) is 0 Å². The van der Waals surface area contributed by atoms with Crippen molar-refractivity contribution in [3.8, 4) is 0 Å². The summed E-state index contributed by atoms with van der Waals surface area (Å²) in [5, 5.41) is 4.17. The van der Waals surface area contributed by atoms with Gasteiger partial charge in [-0.05, 0) is 50.0 Å². The molecule has 0 amide bonds. The molecule has 21 heavy (non-hydrogen) atoms. The highest BCUT2D eigenvalue weighted by atomic mass is 16.6. The Kier molecular flexibility index (Phi) is 5.31. The summed E-state index contributed by atoms with van der Waals surface area (Å²) >= 11 is 0. The molecule has 1 aromatic rings. The third kappa shape index (κ3) is 4.09. The fourth-order valence-electron chi connectivity index (χ4n) is 3.69. The van der Waals surface area contributed by atoms with Crippen LogP contribution >= 0.6 is 0 Å². The first-order chi connectivity index (χ1) is 10.4. The van der Waals surface area contributed by atoms with Crippen LogP contribution in [0.3, 0.4) is 0 Å². The van der Waals surface area contributed by atoms with Crippen molar-refractivity contribution in [2.45, 2.75) is 76.2 Å². The molecule has 0 N–H and O–H groups in total. The predicted molar refractivity (Wildman–Crippen MR) is 86.8 cm³/mol. The summed E-state index contributed by atoms with van der Waals surface area (Å²) in [6.45, 7) is 0. The molecule has 2 aliphatic rings. The first-order valence-electron chi connectivity index (χ1n) is 8.64. The highest BCUT2D eigenvalue weighted by Crippen LogP contribution is 2.33. The Labute approximate surface area is 128 Å². The van der Waals surface area contributed by atoms with E-state index in [4.69, 9.17) is 4.84 Å². The first kappa shape index (κ1) is 14.6. The fraction of sp³-hybridized carbons (Fsp3) is 0.632. The summed E-state index contributed by atoms with van der Waals surface area (Å²) < 4.78 is 0. The normalized spacial score (nSPS) is 21.7. The van der Waals surface area contributed by atoms with E-state index in [1.54, 1.807) is 0 Å². The topological polar surface area (TPSA) is 21.6 Å². The summed E-state index contributed by atoms with van der Waals surface area (Å²) in [7, 11) is 0. The predicted octanol–water partition coefficient (Wildman–Crippen LogP) is 5.29. The van der Waals surface area contributed by atoms with Crippen molar-refractivity contribution in [3.63, 3.8) is 0 Å². The van der Waals surface area contributed by atoms with Crippen LogP contribution < -0.4 is 0 Å². The van der Waals surface area contributed by atoms with Crippen molar-refractivity contribution in [1.29, 1.82) is 0 Å². The van der Waals surface area contributed by atoms with Crippen LogP contribution in [0.1, 0.15) is 81.3 Å². The first-order valence-corrected chi connectivity index (χ1v) is 8.64. The smallest absolute Gasteiger partial charge is 0.140 e. The van der Waals surface area contributed by atoms with Gasteiger partial charge in [-0.15, -0.1) is 0 Å². The number of benzene rings is 1. The molecule has 0 bridgehead atoms. The van der Waals surface area contributed by atoms with Crippen molar-refractivity contribution in [2.75, 3.05) is 0 Å². The lowest BCUT2D eigenvalue weighted by Crippen LogP contribution is -2.14. The fourth-order valence-corrected chi connectivity index (χ4v) is 3.69. The maximum atomic E-state index is 5.64. The number of hydrogen-bond acceptors (Lipinski definition) is 2. The summed E-state index contributed by atoms with van der Waals surface area (Å²) in [6, 6.07) is 8.58. The van der Waals surface area contributed by atoms with Crippen molar-refractivity contribution in [1.82, 2.24) is 0 Å². The van der Waals surface area contributed by atoms with Crippen molar-refractivity contribution >= 4 is 6.21 Å². The lowest BCUT2D eigenvalue weighted by atomic mass is 9.82. The lowest BCUT2D eigenvalue weighted by Gasteiger charge is -2.23. The lowest BCUT2D eigenvalue weighted by molar-refractivity contribution is 0.0340. The Morgan fingerprint density at radius 1 is 0.857 bits per heavy atom. The molecule has 2 saturated carbocycles. The number of hydrogen-bond donors (Lipinski definition) is 0. The van der Waals surface area contributed by atoms with Crippen molar-refractivity contribution in [2.24, 2.45) is 5.16 Å². The Morgan fingerprint density at radius 2 is 1.52 bits per heavy atom. The van der Waals surface area contributed by atoms with Gasteiger partial charge in [0.05, 0.1) is 0 Å². The molecule has 0 heterocycles. The molecule has 1 radical (unpaired) electrons. The highest BCUT2D eigenvalue weighted by molar-refractivity contribution is 5.81. The minimum atomic E-state index is 0.313. The van der Waals surface area contributed by atoms with E-state index in [0.29, 0.717) is 12.0 Å². The van der Waals surface area contributed by atoms with Gasteiger partial charge in [-0.3, -0.25) is 0 Å². The monoisotopic (exact) mass is 284 g/mol. The molecule has 2 nitrogen and oxygen atoms in total. The van der Waals surface area contributed by atoms with E-state index in [0.717, 1.165) is 18.4 Å². The van der Waals surface area contributed by atoms with E-state index in [2.05, 4.69) is 35.6 Å². The Balaban J connectivity index is 1.63. The van der Waals surface area contributed by atoms with Crippen molar-refractivity contribution < 1.29 is 4.84 Å². The molecule has 0 aromatic heterocycles. The van der Waals surface area contributed by atoms with E-state index >= 15 is 0 Å². The maximum absolute atomic E-state index is 5.64. The molecule has 0 aliphatic heterocycles. The standard InChI is InChI=1S/C19H26NO/c1-3-9-16(10-4-1)19-14-8-7-11-17(19)15-20-21-18-12-5-2-6-13-18/h7-8,11,14,16,18H,1-6,9-10,12-13H2. The second-order valence-corrected chi connectivity index (χ2v) is 6.49. The average Bonchev–Trinajstić information content (AvgIpc) is 2.57. The van der Waals surface area contributed by atoms with Gasteiger partial charge in [0.1, 0.15) is 12.3 Å². The van der Waals surface area contributed by atoms with Crippen LogP contribution in [0.2, 0.25) is 0 Å². The van der Waals surface area contributed by atoms with E-state index in [9.17, 15) is 0 Å². The number of rotatable bonds is 4. The minimum Gasteiger partial charge on any atom is -0.392 e. The maximum Gasteiger partial charge on any atom is 0.140 e. The zero-order chi connectivity index (χ0) is 14.3. The zero-order valence-corrected chi connectivity index (χ0v) is 12.9. The summed E-state index contributed by atoms with van der Waals surface area (Å²) in [6.07, 6.45) is 16.4. The molecule has 2 fully saturated rings. The molecule has 2 aliphatic carbocycles. The molecule has 0 saturated heterocycles. The van der Waals surface area contributed by atoms with Gasteiger partial charge in [0.2, 0.25) is 0 Å². The van der Waals surface area contributed by atoms with Gasteiger partial charge in [-0.25, -0.2) is 0 Å². The minimum absolute atomic E-state index is 0.313. The van der Waals surface area contributed by atoms with Gasteiger partial charge in [0, 0.05) is 5.56 Å². The van der Waals surface area contributed by atoms with Gasteiger partial charge in [-0.2, -0.15) is 0 Å². The van der Waals surface area contributed by atoms with E-state index in [1.165, 1.54) is 56.9 Å². The third-order valence-electron chi connectivity index (χ3n) is 4.93. The second-order valence-electron chi connectivity index (χ2n) is 6.49. The van der Waals surface area contributed by atoms with Crippen LogP contribution in [0.4, 0.5) is 0 Å². The molecule has 0 unspecified atom stereocenters. The molecular formula is C19H26NO. The second kappa shape index (κ2) is 7.63. The van der Waals surface area contributed by atoms with Gasteiger partial charge < -0.3 is 4.84 Å². The molecule has 3 rings (SSSR count). The van der Waals surface area contributed by atoms with Crippen LogP contribution in [0, 0.1) is 0 Å². The zero-order valence-electron chi connectivity index (χ0n) is 12.9. The summed E-state index contributed by atoms with van der Waals surface area (Å²) in [5.41, 5.74) is 2.54. The number of nitrogens with zero attached hydrogens (tertiary/aromatic N) is 1. The molecule has 0 atom stereocenters. The van der Waals surface area contributed by atoms with E-state index in [1.807, 2.05) is 0 Å². The van der Waals surface area contributed by atoms with Gasteiger partial charge in [0.15, 0.2) is 0 Å². The largest absolute Gasteiger partial charge is 0.392 e. The third-order valence-corrected chi connectivity index (χ3v) is 4.93. The van der Waals surface area contributed by atoms with Crippen molar-refractivity contribution in [3.05, 3.63) is 35.4 Å². The Bertz CT molecular complexity index is 456. The quantitative estimate of drug-likeness (QED) is 0.543. The van der Waals surface area contributed by atoms with Gasteiger partial charge in [0.25, 0.3) is 0 Å². The van der Waals surface area contributed by atoms with Gasteiger partial charge >= 0.3 is 0 Å². The van der Waals surface area contributed by atoms with Crippen LogP contribution in [-0.4, -0.2) is 12.3 Å². The molecule has 113 valence electrons. The van der Waals surface area contributed by atoms with Crippen LogP contribution in [0.25, 0.3) is 0 Å². The van der Waals surface area contributed by atoms with Crippen LogP contribution in [0.15, 0.2) is 29.4 Å².